The zero-order valence-corrected chi connectivity index (χ0v) is 17.3. The van der Waals surface area contributed by atoms with E-state index >= 15 is 0 Å². The summed E-state index contributed by atoms with van der Waals surface area (Å²) in [4.78, 5) is 20.7. The van der Waals surface area contributed by atoms with Crippen LogP contribution in [0.1, 0.15) is 37.7 Å². The number of amides is 1. The maximum Gasteiger partial charge on any atom is 0.226 e. The molecule has 4 rings (SSSR count). The summed E-state index contributed by atoms with van der Waals surface area (Å²) in [6.45, 7) is 4.70. The molecule has 1 aromatic rings. The van der Waals surface area contributed by atoms with E-state index in [9.17, 15) is 4.79 Å². The first kappa shape index (κ1) is 20.2. The standard InChI is InChI=1S/C22H32N4O3/c1-23-22(25-12-14-29-20(16-25)19-5-4-13-28-19)24-15-17-7-9-18(10-8-17)26-11-3-2-6-21(26)27/h7-10,19-20H,2-6,11-16H2,1H3,(H,23,24). The number of hydrogen-bond donors (Lipinski definition) is 1. The van der Waals surface area contributed by atoms with Crippen LogP contribution < -0.4 is 10.2 Å². The molecule has 1 N–H and O–H groups in total. The second-order valence-corrected chi connectivity index (χ2v) is 7.98. The van der Waals surface area contributed by atoms with Crippen molar-refractivity contribution in [1.29, 1.82) is 0 Å². The number of hydrogen-bond acceptors (Lipinski definition) is 4. The number of morpholine rings is 1. The van der Waals surface area contributed by atoms with Crippen LogP contribution in [-0.4, -0.2) is 68.9 Å². The Kier molecular flexibility index (Phi) is 6.67. The number of aliphatic imine (C=N–C) groups is 1. The number of piperidine rings is 1. The lowest BCUT2D eigenvalue weighted by molar-refractivity contribution is -0.119. The van der Waals surface area contributed by atoms with E-state index < -0.39 is 0 Å². The molecule has 3 heterocycles. The number of ether oxygens (including phenoxy) is 2. The van der Waals surface area contributed by atoms with Gasteiger partial charge in [-0.25, -0.2) is 0 Å². The van der Waals surface area contributed by atoms with Crippen molar-refractivity contribution in [3.8, 4) is 0 Å². The normalized spacial score (nSPS) is 26.1. The molecular weight excluding hydrogens is 368 g/mol. The fraction of sp³-hybridized carbons (Fsp3) is 0.636. The SMILES string of the molecule is CN=C(NCc1ccc(N2CCCCC2=O)cc1)N1CCOC(C2CCCO2)C1. The highest BCUT2D eigenvalue weighted by atomic mass is 16.5. The molecule has 3 aliphatic heterocycles. The third-order valence-electron chi connectivity index (χ3n) is 6.01. The van der Waals surface area contributed by atoms with E-state index in [-0.39, 0.29) is 18.1 Å². The number of carbonyl (C=O) groups is 1. The second-order valence-electron chi connectivity index (χ2n) is 7.98. The molecule has 7 nitrogen and oxygen atoms in total. The van der Waals surface area contributed by atoms with Gasteiger partial charge in [0.05, 0.1) is 12.7 Å². The Morgan fingerprint density at radius 3 is 2.66 bits per heavy atom. The molecule has 3 fully saturated rings. The van der Waals surface area contributed by atoms with E-state index in [0.717, 1.165) is 63.6 Å². The lowest BCUT2D eigenvalue weighted by Crippen LogP contribution is -2.53. The molecule has 2 atom stereocenters. The number of rotatable bonds is 4. The van der Waals surface area contributed by atoms with E-state index in [4.69, 9.17) is 9.47 Å². The van der Waals surface area contributed by atoms with E-state index in [1.54, 1.807) is 0 Å². The van der Waals surface area contributed by atoms with Gasteiger partial charge in [-0.15, -0.1) is 0 Å². The lowest BCUT2D eigenvalue weighted by atomic mass is 10.1. The molecule has 3 saturated heterocycles. The second kappa shape index (κ2) is 9.59. The molecule has 1 amide bonds. The number of benzene rings is 1. The fourth-order valence-corrected chi connectivity index (χ4v) is 4.37. The smallest absolute Gasteiger partial charge is 0.226 e. The zero-order chi connectivity index (χ0) is 20.1. The van der Waals surface area contributed by atoms with Crippen molar-refractivity contribution in [2.45, 2.75) is 50.9 Å². The largest absolute Gasteiger partial charge is 0.375 e. The molecule has 1 aromatic carbocycles. The Balaban J connectivity index is 1.31. The number of nitrogens with zero attached hydrogens (tertiary/aromatic N) is 3. The van der Waals surface area contributed by atoms with Gasteiger partial charge in [0.2, 0.25) is 5.91 Å². The van der Waals surface area contributed by atoms with Crippen LogP contribution in [0.4, 0.5) is 5.69 Å². The van der Waals surface area contributed by atoms with Gasteiger partial charge in [0.15, 0.2) is 5.96 Å². The van der Waals surface area contributed by atoms with Crippen LogP contribution in [0.3, 0.4) is 0 Å². The third kappa shape index (κ3) is 4.90. The topological polar surface area (TPSA) is 66.4 Å². The molecule has 0 aliphatic carbocycles. The summed E-state index contributed by atoms with van der Waals surface area (Å²) >= 11 is 0. The maximum absolute atomic E-state index is 12.1. The molecule has 7 heteroatoms. The first-order chi connectivity index (χ1) is 14.2. The van der Waals surface area contributed by atoms with Gasteiger partial charge in [-0.2, -0.15) is 0 Å². The fourth-order valence-electron chi connectivity index (χ4n) is 4.37. The van der Waals surface area contributed by atoms with Gasteiger partial charge in [0.1, 0.15) is 6.10 Å². The van der Waals surface area contributed by atoms with Crippen molar-refractivity contribution < 1.29 is 14.3 Å². The minimum Gasteiger partial charge on any atom is -0.375 e. The van der Waals surface area contributed by atoms with Crippen LogP contribution in [0.5, 0.6) is 0 Å². The highest BCUT2D eigenvalue weighted by Gasteiger charge is 2.32. The van der Waals surface area contributed by atoms with Crippen molar-refractivity contribution in [3.63, 3.8) is 0 Å². The van der Waals surface area contributed by atoms with E-state index in [1.807, 2.05) is 24.1 Å². The van der Waals surface area contributed by atoms with Crippen LogP contribution in [-0.2, 0) is 20.8 Å². The molecule has 0 saturated carbocycles. The van der Waals surface area contributed by atoms with Crippen molar-refractivity contribution in [3.05, 3.63) is 29.8 Å². The van der Waals surface area contributed by atoms with Gasteiger partial charge in [0.25, 0.3) is 0 Å². The van der Waals surface area contributed by atoms with Gasteiger partial charge >= 0.3 is 0 Å². The minimum absolute atomic E-state index is 0.117. The van der Waals surface area contributed by atoms with Crippen LogP contribution in [0.25, 0.3) is 0 Å². The Morgan fingerprint density at radius 2 is 1.93 bits per heavy atom. The van der Waals surface area contributed by atoms with Crippen molar-refractivity contribution in [1.82, 2.24) is 10.2 Å². The third-order valence-corrected chi connectivity index (χ3v) is 6.01. The molecule has 0 spiro atoms. The molecule has 3 aliphatic rings. The predicted molar refractivity (Wildman–Crippen MR) is 113 cm³/mol. The Hall–Kier alpha value is -2.12. The van der Waals surface area contributed by atoms with Crippen LogP contribution in [0.2, 0.25) is 0 Å². The average molecular weight is 401 g/mol. The van der Waals surface area contributed by atoms with Crippen LogP contribution in [0.15, 0.2) is 29.3 Å². The van der Waals surface area contributed by atoms with E-state index in [1.165, 1.54) is 5.56 Å². The quantitative estimate of drug-likeness (QED) is 0.620. The van der Waals surface area contributed by atoms with Crippen LogP contribution in [0, 0.1) is 0 Å². The summed E-state index contributed by atoms with van der Waals surface area (Å²) in [5, 5.41) is 3.47. The van der Waals surface area contributed by atoms with E-state index in [2.05, 4.69) is 27.3 Å². The van der Waals surface area contributed by atoms with Crippen molar-refractivity contribution >= 4 is 17.6 Å². The summed E-state index contributed by atoms with van der Waals surface area (Å²) in [6, 6.07) is 8.27. The summed E-state index contributed by atoms with van der Waals surface area (Å²) < 4.78 is 11.8. The minimum atomic E-state index is 0.117. The average Bonchev–Trinajstić information content (AvgIpc) is 3.30. The molecule has 158 valence electrons. The molecular formula is C22H32N4O3. The highest BCUT2D eigenvalue weighted by Crippen LogP contribution is 2.22. The molecule has 29 heavy (non-hydrogen) atoms. The molecule has 0 bridgehead atoms. The number of guanidine groups is 1. The summed E-state index contributed by atoms with van der Waals surface area (Å²) in [5.74, 6) is 1.13. The van der Waals surface area contributed by atoms with Gasteiger partial charge in [-0.1, -0.05) is 12.1 Å². The Labute approximate surface area is 173 Å². The van der Waals surface area contributed by atoms with Crippen molar-refractivity contribution in [2.24, 2.45) is 4.99 Å². The highest BCUT2D eigenvalue weighted by molar-refractivity contribution is 5.93. The van der Waals surface area contributed by atoms with Gasteiger partial charge in [0, 0.05) is 51.9 Å². The van der Waals surface area contributed by atoms with Gasteiger partial charge < -0.3 is 24.6 Å². The van der Waals surface area contributed by atoms with Crippen LogP contribution >= 0.6 is 0 Å². The Bertz CT molecular complexity index is 715. The van der Waals surface area contributed by atoms with Gasteiger partial charge in [-0.3, -0.25) is 9.79 Å². The van der Waals surface area contributed by atoms with E-state index in [0.29, 0.717) is 19.6 Å². The lowest BCUT2D eigenvalue weighted by Gasteiger charge is -2.37. The maximum atomic E-state index is 12.1. The van der Waals surface area contributed by atoms with Crippen molar-refractivity contribution in [2.75, 3.05) is 44.8 Å². The zero-order valence-electron chi connectivity index (χ0n) is 17.3. The Morgan fingerprint density at radius 1 is 1.10 bits per heavy atom. The summed E-state index contributed by atoms with van der Waals surface area (Å²) in [6.07, 6.45) is 5.27. The summed E-state index contributed by atoms with van der Waals surface area (Å²) in [5.41, 5.74) is 2.17. The molecule has 0 aromatic heterocycles. The number of carbonyl (C=O) groups excluding carboxylic acids is 1. The first-order valence-corrected chi connectivity index (χ1v) is 10.8. The molecule has 0 radical (unpaired) electrons. The monoisotopic (exact) mass is 400 g/mol. The predicted octanol–water partition coefficient (Wildman–Crippen LogP) is 2.16. The first-order valence-electron chi connectivity index (χ1n) is 10.8. The number of anilines is 1. The summed E-state index contributed by atoms with van der Waals surface area (Å²) in [7, 11) is 1.82. The molecule has 2 unspecified atom stereocenters. The number of nitrogens with one attached hydrogen (secondary N) is 1. The van der Waals surface area contributed by atoms with Gasteiger partial charge in [-0.05, 0) is 43.4 Å².